The van der Waals surface area contributed by atoms with Crippen molar-refractivity contribution in [3.05, 3.63) is 61.9 Å². The maximum Gasteiger partial charge on any atom is 0.0641 e. The van der Waals surface area contributed by atoms with Crippen molar-refractivity contribution in [2.75, 3.05) is 31.2 Å². The van der Waals surface area contributed by atoms with Crippen molar-refractivity contribution in [3.8, 4) is 0 Å². The van der Waals surface area contributed by atoms with Gasteiger partial charge in [0.1, 0.15) is 0 Å². The molecule has 1 saturated heterocycles. The fourth-order valence-corrected chi connectivity index (χ4v) is 3.63. The van der Waals surface area contributed by atoms with Crippen LogP contribution < -0.4 is 4.90 Å². The van der Waals surface area contributed by atoms with Crippen molar-refractivity contribution in [1.82, 2.24) is 0 Å². The largest absolute Gasteiger partial charge is 0.380 e. The van der Waals surface area contributed by atoms with Crippen molar-refractivity contribution in [1.29, 1.82) is 0 Å². The molecule has 0 N–H and O–H groups in total. The van der Waals surface area contributed by atoms with Gasteiger partial charge in [-0.1, -0.05) is 59.9 Å². The van der Waals surface area contributed by atoms with Gasteiger partial charge in [-0.15, -0.1) is 0 Å². The Morgan fingerprint density at radius 1 is 0.773 bits per heavy atom. The summed E-state index contributed by atoms with van der Waals surface area (Å²) in [7, 11) is 0. The fraction of sp³-hybridized carbons (Fsp3) is 0.294. The number of hydrogen-bond acceptors (Lipinski definition) is 2. The number of anilines is 1. The molecule has 0 aliphatic carbocycles. The van der Waals surface area contributed by atoms with E-state index < -0.39 is 0 Å². The summed E-state index contributed by atoms with van der Waals surface area (Å²) in [5, 5.41) is 0. The summed E-state index contributed by atoms with van der Waals surface area (Å²) in [6.45, 7) is 3.82. The van der Waals surface area contributed by atoms with E-state index in [0.717, 1.165) is 46.1 Å². The van der Waals surface area contributed by atoms with Crippen molar-refractivity contribution >= 4 is 53.5 Å². The Bertz CT molecular complexity index is 566. The molecule has 0 radical (unpaired) electrons. The summed E-state index contributed by atoms with van der Waals surface area (Å²) in [5.74, 6) is 0. The highest BCUT2D eigenvalue weighted by molar-refractivity contribution is 9.11. The van der Waals surface area contributed by atoms with Gasteiger partial charge in [0.15, 0.2) is 0 Å². The second kappa shape index (κ2) is 9.71. The Kier molecular flexibility index (Phi) is 7.94. The molecule has 5 heteroatoms. The monoisotopic (exact) mass is 489 g/mol. The smallest absolute Gasteiger partial charge is 0.0641 e. The Morgan fingerprint density at radius 2 is 1.41 bits per heavy atom. The summed E-state index contributed by atoms with van der Waals surface area (Å²) in [6, 6.07) is 16.4. The Morgan fingerprint density at radius 3 is 2.00 bits per heavy atom. The Balaban J connectivity index is 0.000000188. The first-order valence-corrected chi connectivity index (χ1v) is 9.52. The molecule has 22 heavy (non-hydrogen) atoms. The SMILES string of the molecule is Brc1cccc(Br)c1.Brc1cccc(N2CCCOCC2)c1. The van der Waals surface area contributed by atoms with Crippen LogP contribution in [0, 0.1) is 0 Å². The average molecular weight is 492 g/mol. The van der Waals surface area contributed by atoms with Gasteiger partial charge in [-0.05, 0) is 42.8 Å². The van der Waals surface area contributed by atoms with Crippen molar-refractivity contribution in [3.63, 3.8) is 0 Å². The van der Waals surface area contributed by atoms with E-state index in [4.69, 9.17) is 4.74 Å². The van der Waals surface area contributed by atoms with E-state index in [1.54, 1.807) is 0 Å². The molecule has 3 rings (SSSR count). The lowest BCUT2D eigenvalue weighted by atomic mass is 10.3. The van der Waals surface area contributed by atoms with Gasteiger partial charge in [0, 0.05) is 38.8 Å². The van der Waals surface area contributed by atoms with Gasteiger partial charge in [-0.25, -0.2) is 0 Å². The first-order chi connectivity index (χ1) is 10.6. The van der Waals surface area contributed by atoms with E-state index in [-0.39, 0.29) is 0 Å². The predicted molar refractivity (Wildman–Crippen MR) is 104 cm³/mol. The normalized spacial score (nSPS) is 14.8. The fourth-order valence-electron chi connectivity index (χ4n) is 2.14. The molecule has 2 aromatic rings. The van der Waals surface area contributed by atoms with Crippen molar-refractivity contribution < 1.29 is 4.74 Å². The standard InChI is InChI=1S/C11H14BrNO.C6H4Br2/c12-10-3-1-4-11(9-10)13-5-2-7-14-8-6-13;7-5-2-1-3-6(8)4-5/h1,3-4,9H,2,5-8H2;1-4H. The van der Waals surface area contributed by atoms with Crippen LogP contribution in [-0.2, 0) is 4.74 Å². The van der Waals surface area contributed by atoms with Gasteiger partial charge in [-0.3, -0.25) is 0 Å². The molecule has 0 spiro atoms. The van der Waals surface area contributed by atoms with Crippen LogP contribution >= 0.6 is 47.8 Å². The first kappa shape index (κ1) is 18.0. The second-order valence-electron chi connectivity index (χ2n) is 4.87. The van der Waals surface area contributed by atoms with Gasteiger partial charge in [0.25, 0.3) is 0 Å². The molecule has 0 bridgehead atoms. The first-order valence-electron chi connectivity index (χ1n) is 7.14. The maximum absolute atomic E-state index is 5.42. The van der Waals surface area contributed by atoms with Crippen LogP contribution in [0.25, 0.3) is 0 Å². The summed E-state index contributed by atoms with van der Waals surface area (Å²) >= 11 is 10.2. The molecule has 118 valence electrons. The summed E-state index contributed by atoms with van der Waals surface area (Å²) in [6.07, 6.45) is 1.12. The second-order valence-corrected chi connectivity index (χ2v) is 7.62. The lowest BCUT2D eigenvalue weighted by molar-refractivity contribution is 0.152. The Hall–Kier alpha value is -0.360. The summed E-state index contributed by atoms with van der Waals surface area (Å²) in [5.41, 5.74) is 1.28. The molecular weight excluding hydrogens is 474 g/mol. The number of rotatable bonds is 1. The molecule has 0 saturated carbocycles. The molecule has 2 nitrogen and oxygen atoms in total. The van der Waals surface area contributed by atoms with Crippen LogP contribution in [0.4, 0.5) is 5.69 Å². The van der Waals surface area contributed by atoms with Crippen LogP contribution in [-0.4, -0.2) is 26.3 Å². The highest BCUT2D eigenvalue weighted by atomic mass is 79.9. The number of halogens is 3. The van der Waals surface area contributed by atoms with E-state index >= 15 is 0 Å². The third-order valence-corrected chi connectivity index (χ3v) is 4.66. The number of benzene rings is 2. The van der Waals surface area contributed by atoms with Crippen LogP contribution in [0.2, 0.25) is 0 Å². The zero-order valence-electron chi connectivity index (χ0n) is 12.1. The molecule has 2 aromatic carbocycles. The van der Waals surface area contributed by atoms with E-state index in [2.05, 4.69) is 77.0 Å². The van der Waals surface area contributed by atoms with Gasteiger partial charge in [0.2, 0.25) is 0 Å². The van der Waals surface area contributed by atoms with Crippen LogP contribution in [0.15, 0.2) is 61.9 Å². The van der Waals surface area contributed by atoms with E-state index in [1.807, 2.05) is 24.3 Å². The van der Waals surface area contributed by atoms with E-state index in [1.165, 1.54) is 5.69 Å². The zero-order valence-corrected chi connectivity index (χ0v) is 16.9. The van der Waals surface area contributed by atoms with Crippen LogP contribution in [0.5, 0.6) is 0 Å². The molecule has 0 amide bonds. The number of ether oxygens (including phenoxy) is 1. The lowest BCUT2D eigenvalue weighted by Gasteiger charge is -2.21. The Labute approximate surface area is 157 Å². The van der Waals surface area contributed by atoms with Crippen LogP contribution in [0.1, 0.15) is 6.42 Å². The quantitative estimate of drug-likeness (QED) is 0.493. The van der Waals surface area contributed by atoms with E-state index in [0.29, 0.717) is 0 Å². The molecule has 0 atom stereocenters. The molecule has 1 fully saturated rings. The average Bonchev–Trinajstić information content (AvgIpc) is 2.77. The third-order valence-electron chi connectivity index (χ3n) is 3.18. The van der Waals surface area contributed by atoms with Crippen LogP contribution in [0.3, 0.4) is 0 Å². The minimum absolute atomic E-state index is 0.840. The highest BCUT2D eigenvalue weighted by Crippen LogP contribution is 2.20. The van der Waals surface area contributed by atoms with Gasteiger partial charge in [-0.2, -0.15) is 0 Å². The van der Waals surface area contributed by atoms with Gasteiger partial charge >= 0.3 is 0 Å². The molecule has 0 unspecified atom stereocenters. The predicted octanol–water partition coefficient (Wildman–Crippen LogP) is 5.89. The molecule has 1 aliphatic rings. The molecule has 1 heterocycles. The number of hydrogen-bond donors (Lipinski definition) is 0. The minimum Gasteiger partial charge on any atom is -0.380 e. The topological polar surface area (TPSA) is 12.5 Å². The highest BCUT2D eigenvalue weighted by Gasteiger charge is 2.09. The van der Waals surface area contributed by atoms with E-state index in [9.17, 15) is 0 Å². The molecule has 1 aliphatic heterocycles. The lowest BCUT2D eigenvalue weighted by Crippen LogP contribution is -2.25. The zero-order chi connectivity index (χ0) is 15.8. The maximum atomic E-state index is 5.42. The minimum atomic E-state index is 0.840. The third kappa shape index (κ3) is 6.41. The molecular formula is C17H18Br3NO. The van der Waals surface area contributed by atoms with Gasteiger partial charge in [0.05, 0.1) is 6.61 Å². The summed E-state index contributed by atoms with van der Waals surface area (Å²) < 4.78 is 8.77. The summed E-state index contributed by atoms with van der Waals surface area (Å²) in [4.78, 5) is 2.37. The van der Waals surface area contributed by atoms with Crippen molar-refractivity contribution in [2.24, 2.45) is 0 Å². The van der Waals surface area contributed by atoms with Crippen molar-refractivity contribution in [2.45, 2.75) is 6.42 Å². The van der Waals surface area contributed by atoms with Gasteiger partial charge < -0.3 is 9.64 Å². The molecule has 0 aromatic heterocycles. The number of nitrogens with zero attached hydrogens (tertiary/aromatic N) is 1.